The molecule has 15 heavy (non-hydrogen) atoms. The second kappa shape index (κ2) is 6.57. The summed E-state index contributed by atoms with van der Waals surface area (Å²) < 4.78 is 4.41. The Morgan fingerprint density at radius 3 is 1.53 bits per heavy atom. The van der Waals surface area contributed by atoms with Crippen molar-refractivity contribution in [1.82, 2.24) is 0 Å². The summed E-state index contributed by atoms with van der Waals surface area (Å²) in [4.78, 5) is 20.3. The number of carbonyl (C=O) groups is 2. The van der Waals surface area contributed by atoms with E-state index >= 15 is 0 Å². The smallest absolute Gasteiger partial charge is 0.371 e. The summed E-state index contributed by atoms with van der Waals surface area (Å²) in [6.45, 7) is 1.19. The highest BCUT2D eigenvalue weighted by atomic mass is 16.4. The van der Waals surface area contributed by atoms with Crippen LogP contribution in [-0.2, 0) is 0 Å². The van der Waals surface area contributed by atoms with Gasteiger partial charge >= 0.3 is 11.9 Å². The summed E-state index contributed by atoms with van der Waals surface area (Å²) in [7, 11) is 0. The summed E-state index contributed by atoms with van der Waals surface area (Å²) >= 11 is 0. The van der Waals surface area contributed by atoms with Crippen LogP contribution in [0.5, 0.6) is 0 Å². The Labute approximate surface area is 85.3 Å². The van der Waals surface area contributed by atoms with Crippen LogP contribution in [0.25, 0.3) is 0 Å². The van der Waals surface area contributed by atoms with Gasteiger partial charge in [-0.2, -0.15) is 0 Å². The third-order valence-electron chi connectivity index (χ3n) is 1.19. The number of hydrogen-bond acceptors (Lipinski definition) is 5. The summed E-state index contributed by atoms with van der Waals surface area (Å²) in [5.74, 6) is -3.31. The second-order valence-corrected chi connectivity index (χ2v) is 2.35. The fourth-order valence-corrected chi connectivity index (χ4v) is 0.568. The van der Waals surface area contributed by atoms with E-state index in [-0.39, 0.29) is 11.5 Å². The first kappa shape index (κ1) is 13.1. The molecule has 1 aromatic heterocycles. The molecule has 0 bridgehead atoms. The molecule has 7 heteroatoms. The van der Waals surface area contributed by atoms with Crippen LogP contribution in [0.4, 0.5) is 0 Å². The van der Waals surface area contributed by atoms with E-state index < -0.39 is 11.9 Å². The predicted molar refractivity (Wildman–Crippen MR) is 50.7 cm³/mol. The Hall–Kier alpha value is -1.86. The first-order chi connectivity index (χ1) is 7.02. The SMILES string of the molecule is NCCN.O=C(O)c1ccc(C(=O)O)o1. The normalized spacial score (nSPS) is 8.93. The number of rotatable bonds is 3. The Morgan fingerprint density at radius 2 is 1.40 bits per heavy atom. The lowest BCUT2D eigenvalue weighted by Gasteiger charge is -1.84. The molecule has 1 heterocycles. The molecule has 84 valence electrons. The van der Waals surface area contributed by atoms with E-state index in [2.05, 4.69) is 4.42 Å². The Morgan fingerprint density at radius 1 is 1.07 bits per heavy atom. The Bertz CT molecular complexity index is 303. The van der Waals surface area contributed by atoms with Crippen molar-refractivity contribution >= 4 is 11.9 Å². The van der Waals surface area contributed by atoms with Crippen LogP contribution in [0.3, 0.4) is 0 Å². The van der Waals surface area contributed by atoms with E-state index in [0.29, 0.717) is 13.1 Å². The summed E-state index contributed by atoms with van der Waals surface area (Å²) in [6, 6.07) is 2.18. The van der Waals surface area contributed by atoms with E-state index in [9.17, 15) is 9.59 Å². The monoisotopic (exact) mass is 216 g/mol. The first-order valence-electron chi connectivity index (χ1n) is 3.99. The maximum Gasteiger partial charge on any atom is 0.371 e. The number of hydrogen-bond donors (Lipinski definition) is 4. The highest BCUT2D eigenvalue weighted by Gasteiger charge is 2.12. The zero-order valence-electron chi connectivity index (χ0n) is 7.84. The predicted octanol–water partition coefficient (Wildman–Crippen LogP) is -0.420. The molecule has 0 aliphatic rings. The van der Waals surface area contributed by atoms with Crippen molar-refractivity contribution in [2.45, 2.75) is 0 Å². The van der Waals surface area contributed by atoms with Crippen LogP contribution in [0.2, 0.25) is 0 Å². The fraction of sp³-hybridized carbons (Fsp3) is 0.250. The highest BCUT2D eigenvalue weighted by molar-refractivity contribution is 5.88. The van der Waals surface area contributed by atoms with Gasteiger partial charge < -0.3 is 26.1 Å². The van der Waals surface area contributed by atoms with Gasteiger partial charge in [-0.1, -0.05) is 0 Å². The van der Waals surface area contributed by atoms with E-state index in [1.54, 1.807) is 0 Å². The van der Waals surface area contributed by atoms with Gasteiger partial charge in [0.1, 0.15) is 0 Å². The van der Waals surface area contributed by atoms with Crippen LogP contribution in [-0.4, -0.2) is 35.2 Å². The van der Waals surface area contributed by atoms with Gasteiger partial charge in [0.15, 0.2) is 0 Å². The van der Waals surface area contributed by atoms with Crippen LogP contribution in [0.1, 0.15) is 21.1 Å². The van der Waals surface area contributed by atoms with Crippen molar-refractivity contribution in [2.75, 3.05) is 13.1 Å². The minimum atomic E-state index is -1.28. The topological polar surface area (TPSA) is 140 Å². The van der Waals surface area contributed by atoms with E-state index in [4.69, 9.17) is 21.7 Å². The number of aromatic carboxylic acids is 2. The van der Waals surface area contributed by atoms with Crippen molar-refractivity contribution in [3.63, 3.8) is 0 Å². The lowest BCUT2D eigenvalue weighted by molar-refractivity contribution is 0.0632. The van der Waals surface area contributed by atoms with Gasteiger partial charge in [-0.3, -0.25) is 0 Å². The summed E-state index contributed by atoms with van der Waals surface area (Å²) in [5.41, 5.74) is 9.81. The third-order valence-corrected chi connectivity index (χ3v) is 1.19. The average molecular weight is 216 g/mol. The van der Waals surface area contributed by atoms with Crippen molar-refractivity contribution < 1.29 is 24.2 Å². The van der Waals surface area contributed by atoms with Gasteiger partial charge in [0.2, 0.25) is 11.5 Å². The zero-order chi connectivity index (χ0) is 11.8. The van der Waals surface area contributed by atoms with Crippen LogP contribution in [0, 0.1) is 0 Å². The first-order valence-corrected chi connectivity index (χ1v) is 3.99. The average Bonchev–Trinajstić information content (AvgIpc) is 2.67. The van der Waals surface area contributed by atoms with Gasteiger partial charge in [-0.25, -0.2) is 9.59 Å². The summed E-state index contributed by atoms with van der Waals surface area (Å²) in [6.07, 6.45) is 0. The van der Waals surface area contributed by atoms with Crippen LogP contribution < -0.4 is 11.5 Å². The molecule has 0 aromatic carbocycles. The largest absolute Gasteiger partial charge is 0.475 e. The lowest BCUT2D eigenvalue weighted by atomic mass is 10.4. The molecule has 0 amide bonds. The molecule has 1 aromatic rings. The van der Waals surface area contributed by atoms with Crippen LogP contribution in [0.15, 0.2) is 16.5 Å². The van der Waals surface area contributed by atoms with Gasteiger partial charge in [-0.05, 0) is 12.1 Å². The summed E-state index contributed by atoms with van der Waals surface area (Å²) in [5, 5.41) is 16.6. The molecule has 0 atom stereocenters. The molecule has 0 saturated carbocycles. The van der Waals surface area contributed by atoms with E-state index in [1.165, 1.54) is 0 Å². The number of carboxylic acid groups (broad SMARTS) is 2. The molecule has 0 spiro atoms. The van der Waals surface area contributed by atoms with E-state index in [0.717, 1.165) is 12.1 Å². The Kier molecular flexibility index (Phi) is 5.76. The standard InChI is InChI=1S/C6H4O5.C2H8N2/c7-5(8)3-1-2-4(11-3)6(9)10;3-1-2-4/h1-2H,(H,7,8)(H,9,10);1-4H2. The molecule has 7 nitrogen and oxygen atoms in total. The van der Waals surface area contributed by atoms with Gasteiger partial charge in [0, 0.05) is 13.1 Å². The third kappa shape index (κ3) is 4.79. The molecule has 0 radical (unpaired) electrons. The fourth-order valence-electron chi connectivity index (χ4n) is 0.568. The maximum atomic E-state index is 10.2. The highest BCUT2D eigenvalue weighted by Crippen LogP contribution is 2.06. The van der Waals surface area contributed by atoms with Gasteiger partial charge in [0.05, 0.1) is 0 Å². The number of nitrogens with two attached hydrogens (primary N) is 2. The molecule has 0 unspecified atom stereocenters. The van der Waals surface area contributed by atoms with Crippen molar-refractivity contribution in [1.29, 1.82) is 0 Å². The van der Waals surface area contributed by atoms with Crippen molar-refractivity contribution in [3.05, 3.63) is 23.7 Å². The number of carboxylic acids is 2. The van der Waals surface area contributed by atoms with Gasteiger partial charge in [0.25, 0.3) is 0 Å². The molecule has 0 saturated heterocycles. The van der Waals surface area contributed by atoms with E-state index in [1.807, 2.05) is 0 Å². The molecular weight excluding hydrogens is 204 g/mol. The molecule has 6 N–H and O–H groups in total. The lowest BCUT2D eigenvalue weighted by Crippen LogP contribution is -2.11. The maximum absolute atomic E-state index is 10.2. The zero-order valence-corrected chi connectivity index (χ0v) is 7.84. The second-order valence-electron chi connectivity index (χ2n) is 2.35. The molecule has 1 rings (SSSR count). The Balaban J connectivity index is 0.000000423. The van der Waals surface area contributed by atoms with Gasteiger partial charge in [-0.15, -0.1) is 0 Å². The molecule has 0 aliphatic heterocycles. The molecule has 0 fully saturated rings. The van der Waals surface area contributed by atoms with Crippen molar-refractivity contribution in [3.8, 4) is 0 Å². The molecular formula is C8H12N2O5. The minimum absolute atomic E-state index is 0.373. The van der Waals surface area contributed by atoms with Crippen molar-refractivity contribution in [2.24, 2.45) is 11.5 Å². The number of furan rings is 1. The minimum Gasteiger partial charge on any atom is -0.475 e. The van der Waals surface area contributed by atoms with Crippen LogP contribution >= 0.6 is 0 Å². The molecule has 0 aliphatic carbocycles. The quantitative estimate of drug-likeness (QED) is 0.537.